The number of hydrogen-bond acceptors (Lipinski definition) is 4. The van der Waals surface area contributed by atoms with Crippen molar-refractivity contribution in [3.05, 3.63) is 41.7 Å². The van der Waals surface area contributed by atoms with Gasteiger partial charge in [-0.15, -0.1) is 0 Å². The van der Waals surface area contributed by atoms with Crippen molar-refractivity contribution in [2.24, 2.45) is 5.92 Å². The Kier molecular flexibility index (Phi) is 6.45. The second-order valence-corrected chi connectivity index (χ2v) is 6.53. The zero-order valence-electron chi connectivity index (χ0n) is 13.0. The van der Waals surface area contributed by atoms with Gasteiger partial charge in [0.2, 0.25) is 0 Å². The summed E-state index contributed by atoms with van der Waals surface area (Å²) in [5, 5.41) is 10.4. The molecule has 2 N–H and O–H groups in total. The number of aromatic nitrogens is 3. The average molecular weight is 318 g/mol. The molecule has 1 aromatic carbocycles. The lowest BCUT2D eigenvalue weighted by atomic mass is 10.1. The molecule has 0 radical (unpaired) electrons. The van der Waals surface area contributed by atoms with E-state index in [0.29, 0.717) is 11.5 Å². The highest BCUT2D eigenvalue weighted by atomic mass is 32.2. The summed E-state index contributed by atoms with van der Waals surface area (Å²) in [5.41, 5.74) is 1.86. The van der Waals surface area contributed by atoms with Gasteiger partial charge in [-0.3, -0.25) is 9.89 Å². The fraction of sp³-hybridized carbons (Fsp3) is 0.438. The number of amides is 1. The van der Waals surface area contributed by atoms with Crippen LogP contribution in [0.15, 0.2) is 35.7 Å². The van der Waals surface area contributed by atoms with E-state index in [1.807, 2.05) is 24.3 Å². The molecular formula is C16H22N4OS. The number of rotatable bonds is 8. The van der Waals surface area contributed by atoms with Gasteiger partial charge in [-0.2, -0.15) is 5.10 Å². The van der Waals surface area contributed by atoms with Crippen molar-refractivity contribution >= 4 is 17.7 Å². The molecule has 1 heterocycles. The maximum absolute atomic E-state index is 12.0. The Bertz CT molecular complexity index is 566. The van der Waals surface area contributed by atoms with Crippen LogP contribution in [0.25, 0.3) is 0 Å². The van der Waals surface area contributed by atoms with Gasteiger partial charge >= 0.3 is 0 Å². The minimum Gasteiger partial charge on any atom is -0.352 e. The minimum atomic E-state index is -0.00167. The monoisotopic (exact) mass is 318 g/mol. The number of aromatic amines is 1. The molecular weight excluding hydrogens is 296 g/mol. The van der Waals surface area contributed by atoms with E-state index in [0.717, 1.165) is 35.9 Å². The van der Waals surface area contributed by atoms with Crippen LogP contribution in [0.1, 0.15) is 42.6 Å². The maximum Gasteiger partial charge on any atom is 0.251 e. The summed E-state index contributed by atoms with van der Waals surface area (Å²) in [7, 11) is 0. The Morgan fingerprint density at radius 2 is 2.09 bits per heavy atom. The average Bonchev–Trinajstić information content (AvgIpc) is 3.03. The van der Waals surface area contributed by atoms with Crippen molar-refractivity contribution < 1.29 is 4.79 Å². The van der Waals surface area contributed by atoms with E-state index < -0.39 is 0 Å². The molecule has 0 aliphatic rings. The SMILES string of the molecule is CC(C)CCCNC(=O)c1ccc(CSc2ncn[nH]2)cc1. The lowest BCUT2D eigenvalue weighted by Crippen LogP contribution is -2.24. The fourth-order valence-corrected chi connectivity index (χ4v) is 2.72. The van der Waals surface area contributed by atoms with Crippen LogP contribution in [-0.4, -0.2) is 27.6 Å². The standard InChI is InChI=1S/C16H22N4OS/c1-12(2)4-3-9-17-15(21)14-7-5-13(6-8-14)10-22-16-18-11-19-20-16/h5-8,11-12H,3-4,9-10H2,1-2H3,(H,17,21)(H,18,19,20). The second-order valence-electron chi connectivity index (χ2n) is 5.57. The number of carbonyl (C=O) groups is 1. The van der Waals surface area contributed by atoms with Crippen molar-refractivity contribution in [2.45, 2.75) is 37.6 Å². The molecule has 118 valence electrons. The summed E-state index contributed by atoms with van der Waals surface area (Å²) in [6, 6.07) is 7.70. The first-order chi connectivity index (χ1) is 10.6. The zero-order valence-corrected chi connectivity index (χ0v) is 13.8. The van der Waals surface area contributed by atoms with Crippen LogP contribution in [0.2, 0.25) is 0 Å². The van der Waals surface area contributed by atoms with E-state index >= 15 is 0 Å². The van der Waals surface area contributed by atoms with Crippen molar-refractivity contribution in [3.63, 3.8) is 0 Å². The molecule has 0 aliphatic heterocycles. The van der Waals surface area contributed by atoms with E-state index in [1.54, 1.807) is 11.8 Å². The predicted octanol–water partition coefficient (Wildman–Crippen LogP) is 3.26. The van der Waals surface area contributed by atoms with Crippen molar-refractivity contribution in [1.29, 1.82) is 0 Å². The van der Waals surface area contributed by atoms with Crippen LogP contribution in [0, 0.1) is 5.92 Å². The van der Waals surface area contributed by atoms with Gasteiger partial charge in [-0.05, 0) is 36.5 Å². The van der Waals surface area contributed by atoms with E-state index in [1.165, 1.54) is 6.33 Å². The number of H-pyrrole nitrogens is 1. The molecule has 0 aliphatic carbocycles. The number of nitrogens with one attached hydrogen (secondary N) is 2. The first-order valence-electron chi connectivity index (χ1n) is 7.50. The minimum absolute atomic E-state index is 0.00167. The van der Waals surface area contributed by atoms with Crippen LogP contribution >= 0.6 is 11.8 Å². The Balaban J connectivity index is 1.76. The Hall–Kier alpha value is -1.82. The van der Waals surface area contributed by atoms with Gasteiger partial charge in [-0.1, -0.05) is 37.7 Å². The summed E-state index contributed by atoms with van der Waals surface area (Å²) in [5.74, 6) is 1.47. The number of benzene rings is 1. The number of thioether (sulfide) groups is 1. The van der Waals surface area contributed by atoms with Crippen LogP contribution < -0.4 is 5.32 Å². The van der Waals surface area contributed by atoms with Crippen molar-refractivity contribution in [3.8, 4) is 0 Å². The lowest BCUT2D eigenvalue weighted by Gasteiger charge is -2.07. The van der Waals surface area contributed by atoms with Gasteiger partial charge in [0.1, 0.15) is 6.33 Å². The normalized spacial score (nSPS) is 10.9. The van der Waals surface area contributed by atoms with E-state index in [9.17, 15) is 4.79 Å². The number of hydrogen-bond donors (Lipinski definition) is 2. The molecule has 1 amide bonds. The zero-order chi connectivity index (χ0) is 15.8. The molecule has 0 saturated heterocycles. The first kappa shape index (κ1) is 16.5. The summed E-state index contributed by atoms with van der Waals surface area (Å²) >= 11 is 1.58. The topological polar surface area (TPSA) is 70.7 Å². The first-order valence-corrected chi connectivity index (χ1v) is 8.49. The van der Waals surface area contributed by atoms with E-state index in [2.05, 4.69) is 34.3 Å². The quantitative estimate of drug-likeness (QED) is 0.579. The molecule has 0 atom stereocenters. The third-order valence-electron chi connectivity index (χ3n) is 3.23. The highest BCUT2D eigenvalue weighted by Gasteiger charge is 2.05. The van der Waals surface area contributed by atoms with Crippen LogP contribution in [0.4, 0.5) is 0 Å². The smallest absolute Gasteiger partial charge is 0.251 e. The Labute approximate surface area is 135 Å². The Morgan fingerprint density at radius 3 is 2.73 bits per heavy atom. The molecule has 2 rings (SSSR count). The van der Waals surface area contributed by atoms with Crippen LogP contribution in [0.3, 0.4) is 0 Å². The molecule has 1 aromatic heterocycles. The predicted molar refractivity (Wildman–Crippen MR) is 88.8 cm³/mol. The van der Waals surface area contributed by atoms with Gasteiger partial charge in [-0.25, -0.2) is 4.98 Å². The van der Waals surface area contributed by atoms with Crippen molar-refractivity contribution in [2.75, 3.05) is 6.54 Å². The third kappa shape index (κ3) is 5.52. The van der Waals surface area contributed by atoms with Crippen molar-refractivity contribution in [1.82, 2.24) is 20.5 Å². The fourth-order valence-electron chi connectivity index (χ4n) is 1.98. The van der Waals surface area contributed by atoms with Gasteiger partial charge in [0, 0.05) is 17.9 Å². The van der Waals surface area contributed by atoms with E-state index in [-0.39, 0.29) is 5.91 Å². The maximum atomic E-state index is 12.0. The molecule has 2 aromatic rings. The third-order valence-corrected chi connectivity index (χ3v) is 4.18. The summed E-state index contributed by atoms with van der Waals surface area (Å²) in [6.45, 7) is 5.12. The molecule has 0 spiro atoms. The number of carbonyl (C=O) groups excluding carboxylic acids is 1. The van der Waals surface area contributed by atoms with Crippen LogP contribution in [-0.2, 0) is 5.75 Å². The lowest BCUT2D eigenvalue weighted by molar-refractivity contribution is 0.0952. The largest absolute Gasteiger partial charge is 0.352 e. The second kappa shape index (κ2) is 8.58. The summed E-state index contributed by atoms with van der Waals surface area (Å²) in [6.07, 6.45) is 3.66. The summed E-state index contributed by atoms with van der Waals surface area (Å²) in [4.78, 5) is 16.1. The van der Waals surface area contributed by atoms with Gasteiger partial charge < -0.3 is 5.32 Å². The molecule has 6 heteroatoms. The molecule has 0 unspecified atom stereocenters. The molecule has 22 heavy (non-hydrogen) atoms. The Morgan fingerprint density at radius 1 is 1.32 bits per heavy atom. The molecule has 0 fully saturated rings. The van der Waals surface area contributed by atoms with Gasteiger partial charge in [0.15, 0.2) is 5.16 Å². The summed E-state index contributed by atoms with van der Waals surface area (Å²) < 4.78 is 0. The van der Waals surface area contributed by atoms with E-state index in [4.69, 9.17) is 0 Å². The highest BCUT2D eigenvalue weighted by Crippen LogP contribution is 2.18. The van der Waals surface area contributed by atoms with Gasteiger partial charge in [0.05, 0.1) is 0 Å². The van der Waals surface area contributed by atoms with Gasteiger partial charge in [0.25, 0.3) is 5.91 Å². The highest BCUT2D eigenvalue weighted by molar-refractivity contribution is 7.98. The molecule has 0 saturated carbocycles. The molecule has 5 nitrogen and oxygen atoms in total. The van der Waals surface area contributed by atoms with Crippen LogP contribution in [0.5, 0.6) is 0 Å². The number of nitrogens with zero attached hydrogens (tertiary/aromatic N) is 2. The molecule has 0 bridgehead atoms.